The maximum atomic E-state index is 11.3. The summed E-state index contributed by atoms with van der Waals surface area (Å²) in [5.74, 6) is 0.0914. The Kier molecular flexibility index (Phi) is 2.50. The number of hydrogen-bond donors (Lipinski definition) is 1. The van der Waals surface area contributed by atoms with E-state index in [4.69, 9.17) is 4.74 Å². The summed E-state index contributed by atoms with van der Waals surface area (Å²) in [5, 5.41) is 3.07. The van der Waals surface area contributed by atoms with Gasteiger partial charge in [-0.15, -0.1) is 0 Å². The van der Waals surface area contributed by atoms with Gasteiger partial charge in [-0.3, -0.25) is 4.79 Å². The van der Waals surface area contributed by atoms with Crippen molar-refractivity contribution in [2.45, 2.75) is 12.0 Å². The second kappa shape index (κ2) is 3.80. The van der Waals surface area contributed by atoms with Crippen LogP contribution in [0.5, 0.6) is 0 Å². The van der Waals surface area contributed by atoms with Crippen LogP contribution in [-0.2, 0) is 9.53 Å². The number of benzene rings is 1. The van der Waals surface area contributed by atoms with Crippen molar-refractivity contribution in [1.82, 2.24) is 5.32 Å². The number of nitrogens with one attached hydrogen (secondary N) is 1. The highest BCUT2D eigenvalue weighted by atomic mass is 16.5. The Morgan fingerprint density at radius 2 is 2.14 bits per heavy atom. The highest BCUT2D eigenvalue weighted by molar-refractivity contribution is 5.78. The quantitative estimate of drug-likeness (QED) is 0.706. The Morgan fingerprint density at radius 1 is 1.43 bits per heavy atom. The van der Waals surface area contributed by atoms with E-state index in [1.807, 2.05) is 30.3 Å². The van der Waals surface area contributed by atoms with E-state index in [1.165, 1.54) is 12.7 Å². The van der Waals surface area contributed by atoms with Crippen LogP contribution in [0.3, 0.4) is 0 Å². The monoisotopic (exact) mass is 191 g/mol. The molecule has 1 saturated heterocycles. The van der Waals surface area contributed by atoms with Crippen LogP contribution in [0.4, 0.5) is 0 Å². The number of carbonyl (C=O) groups is 1. The van der Waals surface area contributed by atoms with Crippen LogP contribution in [0.2, 0.25) is 0 Å². The molecule has 0 aromatic heterocycles. The molecule has 74 valence electrons. The standard InChI is InChI=1S/C11H13NO2/c1-14-11(13)10-9(7-12-10)8-5-3-2-4-6-8/h2-6,9-10,12H,7H2,1H3/t9-,10+/m0/s1. The summed E-state index contributed by atoms with van der Waals surface area (Å²) in [6, 6.07) is 9.87. The Morgan fingerprint density at radius 3 is 2.64 bits per heavy atom. The minimum atomic E-state index is -0.176. The molecule has 1 heterocycles. The predicted octanol–water partition coefficient (Wildman–Crippen LogP) is 0.915. The fourth-order valence-corrected chi connectivity index (χ4v) is 1.74. The van der Waals surface area contributed by atoms with Gasteiger partial charge in [-0.1, -0.05) is 30.3 Å². The zero-order valence-corrected chi connectivity index (χ0v) is 8.07. The summed E-state index contributed by atoms with van der Waals surface area (Å²) in [5.41, 5.74) is 1.20. The summed E-state index contributed by atoms with van der Waals surface area (Å²) >= 11 is 0. The summed E-state index contributed by atoms with van der Waals surface area (Å²) in [7, 11) is 1.42. The molecule has 1 aromatic rings. The number of esters is 1. The number of methoxy groups -OCH3 is 1. The second-order valence-electron chi connectivity index (χ2n) is 3.43. The topological polar surface area (TPSA) is 38.3 Å². The van der Waals surface area contributed by atoms with Crippen molar-refractivity contribution in [3.8, 4) is 0 Å². The fraction of sp³-hybridized carbons (Fsp3) is 0.364. The van der Waals surface area contributed by atoms with Gasteiger partial charge >= 0.3 is 5.97 Å². The summed E-state index contributed by atoms with van der Waals surface area (Å²) in [6.07, 6.45) is 0. The van der Waals surface area contributed by atoms with E-state index >= 15 is 0 Å². The maximum Gasteiger partial charge on any atom is 0.323 e. The molecule has 0 amide bonds. The predicted molar refractivity (Wildman–Crippen MR) is 53.0 cm³/mol. The van der Waals surface area contributed by atoms with Crippen molar-refractivity contribution < 1.29 is 9.53 Å². The van der Waals surface area contributed by atoms with Crippen LogP contribution in [0.15, 0.2) is 30.3 Å². The molecule has 0 saturated carbocycles. The van der Waals surface area contributed by atoms with Crippen LogP contribution in [-0.4, -0.2) is 25.7 Å². The number of ether oxygens (including phenoxy) is 1. The van der Waals surface area contributed by atoms with Crippen molar-refractivity contribution in [1.29, 1.82) is 0 Å². The van der Waals surface area contributed by atoms with Gasteiger partial charge in [-0.2, -0.15) is 0 Å². The molecule has 1 aliphatic rings. The molecule has 14 heavy (non-hydrogen) atoms. The van der Waals surface area contributed by atoms with Crippen LogP contribution in [0, 0.1) is 0 Å². The van der Waals surface area contributed by atoms with Gasteiger partial charge in [-0.05, 0) is 5.56 Å². The van der Waals surface area contributed by atoms with E-state index in [0.29, 0.717) is 0 Å². The smallest absolute Gasteiger partial charge is 0.323 e. The second-order valence-corrected chi connectivity index (χ2v) is 3.43. The SMILES string of the molecule is COC(=O)[C@@H]1NC[C@H]1c1ccccc1. The van der Waals surface area contributed by atoms with Crippen molar-refractivity contribution in [3.05, 3.63) is 35.9 Å². The van der Waals surface area contributed by atoms with Gasteiger partial charge in [0.1, 0.15) is 6.04 Å². The average Bonchev–Trinajstić information content (AvgIpc) is 2.17. The number of carbonyl (C=O) groups excluding carboxylic acids is 1. The van der Waals surface area contributed by atoms with Gasteiger partial charge in [0.2, 0.25) is 0 Å². The molecular formula is C11H13NO2. The van der Waals surface area contributed by atoms with E-state index in [2.05, 4.69) is 5.32 Å². The molecule has 1 N–H and O–H groups in total. The molecule has 2 rings (SSSR count). The first-order valence-electron chi connectivity index (χ1n) is 4.69. The lowest BCUT2D eigenvalue weighted by atomic mass is 9.85. The molecule has 3 nitrogen and oxygen atoms in total. The highest BCUT2D eigenvalue weighted by Crippen LogP contribution is 2.26. The molecule has 1 aliphatic heterocycles. The van der Waals surface area contributed by atoms with Crippen molar-refractivity contribution >= 4 is 5.97 Å². The highest BCUT2D eigenvalue weighted by Gasteiger charge is 2.37. The van der Waals surface area contributed by atoms with Gasteiger partial charge in [-0.25, -0.2) is 0 Å². The van der Waals surface area contributed by atoms with Gasteiger partial charge in [0.25, 0.3) is 0 Å². The lowest BCUT2D eigenvalue weighted by molar-refractivity contribution is -0.145. The lowest BCUT2D eigenvalue weighted by Crippen LogP contribution is -2.56. The molecule has 1 fully saturated rings. The van der Waals surface area contributed by atoms with Crippen molar-refractivity contribution in [2.24, 2.45) is 0 Å². The Labute approximate surface area is 83.1 Å². The normalized spacial score (nSPS) is 25.2. The summed E-state index contributed by atoms with van der Waals surface area (Å²) in [4.78, 5) is 11.3. The molecule has 2 atom stereocenters. The molecule has 0 bridgehead atoms. The van der Waals surface area contributed by atoms with Crippen LogP contribution in [0.1, 0.15) is 11.5 Å². The van der Waals surface area contributed by atoms with E-state index < -0.39 is 0 Å². The summed E-state index contributed by atoms with van der Waals surface area (Å²) in [6.45, 7) is 0.851. The van der Waals surface area contributed by atoms with Crippen LogP contribution < -0.4 is 5.32 Å². The number of hydrogen-bond acceptors (Lipinski definition) is 3. The summed E-state index contributed by atoms with van der Waals surface area (Å²) < 4.78 is 4.70. The molecule has 0 spiro atoms. The van der Waals surface area contributed by atoms with Gasteiger partial charge in [0, 0.05) is 12.5 Å². The zero-order valence-electron chi connectivity index (χ0n) is 8.07. The van der Waals surface area contributed by atoms with Crippen molar-refractivity contribution in [3.63, 3.8) is 0 Å². The first-order chi connectivity index (χ1) is 6.83. The molecular weight excluding hydrogens is 178 g/mol. The Hall–Kier alpha value is -1.35. The molecule has 1 aromatic carbocycles. The third kappa shape index (κ3) is 1.51. The van der Waals surface area contributed by atoms with E-state index in [1.54, 1.807) is 0 Å². The number of rotatable bonds is 2. The van der Waals surface area contributed by atoms with Crippen molar-refractivity contribution in [2.75, 3.05) is 13.7 Å². The van der Waals surface area contributed by atoms with E-state index in [0.717, 1.165) is 6.54 Å². The molecule has 0 radical (unpaired) electrons. The third-order valence-electron chi connectivity index (χ3n) is 2.64. The van der Waals surface area contributed by atoms with Crippen LogP contribution in [0.25, 0.3) is 0 Å². The first kappa shape index (κ1) is 9.21. The molecule has 0 unspecified atom stereocenters. The minimum absolute atomic E-state index is 0.164. The lowest BCUT2D eigenvalue weighted by Gasteiger charge is -2.36. The Bertz CT molecular complexity index is 323. The van der Waals surface area contributed by atoms with E-state index in [9.17, 15) is 4.79 Å². The van der Waals surface area contributed by atoms with E-state index in [-0.39, 0.29) is 17.9 Å². The fourth-order valence-electron chi connectivity index (χ4n) is 1.74. The third-order valence-corrected chi connectivity index (χ3v) is 2.64. The largest absolute Gasteiger partial charge is 0.468 e. The minimum Gasteiger partial charge on any atom is -0.468 e. The first-order valence-corrected chi connectivity index (χ1v) is 4.69. The zero-order chi connectivity index (χ0) is 9.97. The van der Waals surface area contributed by atoms with Gasteiger partial charge in [0.15, 0.2) is 0 Å². The van der Waals surface area contributed by atoms with Crippen LogP contribution >= 0.6 is 0 Å². The molecule has 0 aliphatic carbocycles. The maximum absolute atomic E-state index is 11.3. The van der Waals surface area contributed by atoms with Gasteiger partial charge < -0.3 is 10.1 Å². The molecule has 3 heteroatoms. The van der Waals surface area contributed by atoms with Gasteiger partial charge in [0.05, 0.1) is 7.11 Å². The Balaban J connectivity index is 2.10. The average molecular weight is 191 g/mol.